The van der Waals surface area contributed by atoms with Crippen molar-refractivity contribution in [3.05, 3.63) is 52.8 Å². The lowest BCUT2D eigenvalue weighted by Crippen LogP contribution is -2.32. The Labute approximate surface area is 176 Å². The molecule has 29 heavy (non-hydrogen) atoms. The van der Waals surface area contributed by atoms with Gasteiger partial charge in [0.2, 0.25) is 5.91 Å². The third kappa shape index (κ3) is 5.91. The van der Waals surface area contributed by atoms with Crippen molar-refractivity contribution in [2.45, 2.75) is 31.8 Å². The van der Waals surface area contributed by atoms with E-state index < -0.39 is 22.8 Å². The highest BCUT2D eigenvalue weighted by atomic mass is 35.5. The number of hydrogen-bond acceptors (Lipinski definition) is 5. The summed E-state index contributed by atoms with van der Waals surface area (Å²) in [5.41, 5.74) is 1.56. The van der Waals surface area contributed by atoms with Crippen molar-refractivity contribution in [3.63, 3.8) is 0 Å². The van der Waals surface area contributed by atoms with Crippen LogP contribution in [0, 0.1) is 5.82 Å². The molecule has 156 valence electrons. The highest BCUT2D eigenvalue weighted by Crippen LogP contribution is 2.39. The van der Waals surface area contributed by atoms with Crippen LogP contribution in [0.5, 0.6) is 5.75 Å². The molecule has 1 saturated carbocycles. The van der Waals surface area contributed by atoms with Crippen molar-refractivity contribution in [1.82, 2.24) is 0 Å². The van der Waals surface area contributed by atoms with Gasteiger partial charge in [0.1, 0.15) is 11.6 Å². The van der Waals surface area contributed by atoms with Crippen LogP contribution in [-0.2, 0) is 22.4 Å². The molecular weight excluding hydrogens is 419 g/mol. The maximum atomic E-state index is 14.0. The zero-order valence-corrected chi connectivity index (χ0v) is 17.4. The number of carbonyl (C=O) groups is 1. The monoisotopic (exact) mass is 439 g/mol. The molecule has 1 unspecified atom stereocenters. The Morgan fingerprint density at radius 3 is 2.62 bits per heavy atom. The number of anilines is 2. The number of benzene rings is 2. The summed E-state index contributed by atoms with van der Waals surface area (Å²) >= 11 is 3.99. The Kier molecular flexibility index (Phi) is 7.10. The molecule has 1 fully saturated rings. The molecule has 9 heteroatoms. The van der Waals surface area contributed by atoms with E-state index in [1.807, 2.05) is 0 Å². The summed E-state index contributed by atoms with van der Waals surface area (Å²) in [7, 11) is 1.56. The predicted molar refractivity (Wildman–Crippen MR) is 111 cm³/mol. The molecule has 1 aliphatic carbocycles. The number of halogens is 2. The highest BCUT2D eigenvalue weighted by molar-refractivity contribution is 7.79. The topological polar surface area (TPSA) is 81.7 Å². The summed E-state index contributed by atoms with van der Waals surface area (Å²) in [4.78, 5) is 14.3. The summed E-state index contributed by atoms with van der Waals surface area (Å²) in [6, 6.07) is 9.79. The third-order valence-electron chi connectivity index (χ3n) is 4.52. The first-order valence-electron chi connectivity index (χ1n) is 9.12. The number of methoxy groups -OCH3 is 1. The quantitative estimate of drug-likeness (QED) is 0.600. The third-order valence-corrected chi connectivity index (χ3v) is 5.34. The number of nitrogens with zero attached hydrogens (tertiary/aromatic N) is 1. The molecule has 0 spiro atoms. The minimum atomic E-state index is -2.35. The molecule has 0 heterocycles. The van der Waals surface area contributed by atoms with Gasteiger partial charge >= 0.3 is 0 Å². The zero-order chi connectivity index (χ0) is 21.0. The maximum Gasteiger partial charge on any atom is 0.228 e. The van der Waals surface area contributed by atoms with E-state index in [0.29, 0.717) is 17.1 Å². The van der Waals surface area contributed by atoms with Crippen molar-refractivity contribution in [2.24, 2.45) is 0 Å². The van der Waals surface area contributed by atoms with Crippen LogP contribution in [0.25, 0.3) is 0 Å². The molecule has 1 N–H and O–H groups in total. The van der Waals surface area contributed by atoms with Gasteiger partial charge in [-0.3, -0.25) is 9.00 Å². The number of ether oxygens (including phenoxy) is 1. The molecule has 1 aliphatic rings. The summed E-state index contributed by atoms with van der Waals surface area (Å²) in [6.07, 6.45) is 1.70. The second-order valence-corrected chi connectivity index (χ2v) is 8.21. The lowest BCUT2D eigenvalue weighted by Gasteiger charge is -2.27. The Bertz CT molecular complexity index is 906. The van der Waals surface area contributed by atoms with Gasteiger partial charge < -0.3 is 19.5 Å². The van der Waals surface area contributed by atoms with E-state index >= 15 is 0 Å². The first-order chi connectivity index (χ1) is 13.9. The van der Waals surface area contributed by atoms with Crippen LogP contribution in [0.2, 0.25) is 5.02 Å². The Morgan fingerprint density at radius 1 is 1.34 bits per heavy atom. The molecule has 2 aromatic carbocycles. The van der Waals surface area contributed by atoms with Gasteiger partial charge in [0.05, 0.1) is 30.1 Å². The van der Waals surface area contributed by atoms with Gasteiger partial charge in [0.25, 0.3) is 0 Å². The number of rotatable bonds is 9. The van der Waals surface area contributed by atoms with Crippen molar-refractivity contribution < 1.29 is 22.7 Å². The van der Waals surface area contributed by atoms with E-state index in [9.17, 15) is 17.9 Å². The van der Waals surface area contributed by atoms with Gasteiger partial charge in [0.15, 0.2) is 0 Å². The fourth-order valence-corrected chi connectivity index (χ4v) is 3.56. The van der Waals surface area contributed by atoms with Gasteiger partial charge in [-0.15, -0.1) is 0 Å². The van der Waals surface area contributed by atoms with Crippen LogP contribution in [0.3, 0.4) is 0 Å². The first-order valence-corrected chi connectivity index (χ1v) is 10.7. The van der Waals surface area contributed by atoms with Crippen LogP contribution in [-0.4, -0.2) is 33.6 Å². The van der Waals surface area contributed by atoms with Crippen molar-refractivity contribution in [1.29, 1.82) is 0 Å². The molecule has 3 rings (SSSR count). The summed E-state index contributed by atoms with van der Waals surface area (Å²) in [5.74, 6) is -0.566. The average molecular weight is 440 g/mol. The molecule has 0 bridgehead atoms. The molecular formula is C20H21ClFN2O4S-. The Morgan fingerprint density at radius 2 is 2.03 bits per heavy atom. The van der Waals surface area contributed by atoms with Crippen molar-refractivity contribution in [2.75, 3.05) is 23.1 Å². The molecule has 0 aliphatic heterocycles. The van der Waals surface area contributed by atoms with E-state index in [4.69, 9.17) is 16.3 Å². The van der Waals surface area contributed by atoms with E-state index in [1.54, 1.807) is 31.4 Å². The smallest absolute Gasteiger partial charge is 0.228 e. The number of hydrogen-bond donors (Lipinski definition) is 1. The molecule has 2 aromatic rings. The average Bonchev–Trinajstić information content (AvgIpc) is 3.49. The molecule has 0 radical (unpaired) electrons. The largest absolute Gasteiger partial charge is 0.772 e. The van der Waals surface area contributed by atoms with Gasteiger partial charge in [-0.1, -0.05) is 34.8 Å². The number of nitrogens with one attached hydrogen (secondary N) is 1. The van der Waals surface area contributed by atoms with Crippen LogP contribution in [0.1, 0.15) is 24.8 Å². The summed E-state index contributed by atoms with van der Waals surface area (Å²) in [6.45, 7) is 0.152. The van der Waals surface area contributed by atoms with E-state index in [2.05, 4.69) is 5.32 Å². The number of carbonyl (C=O) groups excluding carboxylic acids is 1. The fraction of sp³-hybridized carbons (Fsp3) is 0.350. The summed E-state index contributed by atoms with van der Waals surface area (Å²) < 4.78 is 41.0. The number of amides is 1. The lowest BCUT2D eigenvalue weighted by molar-refractivity contribution is -0.118. The molecule has 0 aromatic heterocycles. The fourth-order valence-electron chi connectivity index (χ4n) is 2.91. The van der Waals surface area contributed by atoms with Crippen LogP contribution in [0.4, 0.5) is 15.8 Å². The standard InChI is InChI=1S/C20H22ClFN2O4S/c1-28-16-6-2-13(3-7-16)12-24(19(25)8-9-29(26)27)20-17(21)10-14(22)11-18(20)23-15-4-5-15/h2-3,6-7,10-11,15,23H,4-5,8-9,12H2,1H3,(H,26,27)/p-1. The Balaban J connectivity index is 1.97. The highest BCUT2D eigenvalue weighted by Gasteiger charge is 2.27. The van der Waals surface area contributed by atoms with Crippen LogP contribution >= 0.6 is 11.6 Å². The molecule has 6 nitrogen and oxygen atoms in total. The molecule has 1 amide bonds. The predicted octanol–water partition coefficient (Wildman–Crippen LogP) is 3.86. The van der Waals surface area contributed by atoms with Gasteiger partial charge in [0, 0.05) is 18.2 Å². The SMILES string of the molecule is COc1ccc(CN(C(=O)CCS(=O)[O-])c2c(Cl)cc(F)cc2NC2CC2)cc1. The minimum absolute atomic E-state index is 0.0817. The van der Waals surface area contributed by atoms with Crippen molar-refractivity contribution >= 4 is 40.0 Å². The second-order valence-electron chi connectivity index (χ2n) is 6.79. The van der Waals surface area contributed by atoms with Crippen LogP contribution in [0.15, 0.2) is 36.4 Å². The molecule has 0 saturated heterocycles. The van der Waals surface area contributed by atoms with Gasteiger partial charge in [-0.25, -0.2) is 4.39 Å². The van der Waals surface area contributed by atoms with E-state index in [1.165, 1.54) is 11.0 Å². The van der Waals surface area contributed by atoms with Gasteiger partial charge in [-0.05, 0) is 42.7 Å². The second kappa shape index (κ2) is 9.56. The van der Waals surface area contributed by atoms with Crippen molar-refractivity contribution in [3.8, 4) is 5.75 Å². The zero-order valence-electron chi connectivity index (χ0n) is 15.8. The van der Waals surface area contributed by atoms with Crippen LogP contribution < -0.4 is 15.0 Å². The summed E-state index contributed by atoms with van der Waals surface area (Å²) in [5, 5.41) is 3.29. The Hall–Kier alpha value is -2.16. The maximum absolute atomic E-state index is 14.0. The normalized spacial score (nSPS) is 14.3. The van der Waals surface area contributed by atoms with E-state index in [0.717, 1.165) is 24.5 Å². The lowest BCUT2D eigenvalue weighted by atomic mass is 10.1. The first kappa shape index (κ1) is 21.5. The molecule has 1 atom stereocenters. The van der Waals surface area contributed by atoms with Gasteiger partial charge in [-0.2, -0.15) is 0 Å². The minimum Gasteiger partial charge on any atom is -0.772 e. The van der Waals surface area contributed by atoms with E-state index in [-0.39, 0.29) is 29.8 Å².